The van der Waals surface area contributed by atoms with Gasteiger partial charge >= 0.3 is 6.09 Å². The number of aromatic nitrogens is 2. The Labute approximate surface area is 162 Å². The summed E-state index contributed by atoms with van der Waals surface area (Å²) in [5.41, 5.74) is 1.81. The normalized spacial score (nSPS) is 14.6. The summed E-state index contributed by atoms with van der Waals surface area (Å²) < 4.78 is 13.3. The number of nitrogens with one attached hydrogen (secondary N) is 1. The van der Waals surface area contributed by atoms with Crippen molar-refractivity contribution in [2.75, 3.05) is 13.2 Å². The Morgan fingerprint density at radius 3 is 2.68 bits per heavy atom. The Balaban J connectivity index is 1.41. The molecule has 146 valence electrons. The highest BCUT2D eigenvalue weighted by atomic mass is 16.5. The number of hydrogen-bond acceptors (Lipinski definition) is 4. The molecule has 1 heterocycles. The number of rotatable bonds is 8. The van der Waals surface area contributed by atoms with Gasteiger partial charge in [-0.05, 0) is 62.1 Å². The minimum atomic E-state index is -1.06. The van der Waals surface area contributed by atoms with Gasteiger partial charge in [0.05, 0.1) is 23.9 Å². The average Bonchev–Trinajstić information content (AvgIpc) is 3.41. The Hall–Kier alpha value is -3.22. The van der Waals surface area contributed by atoms with E-state index in [4.69, 9.17) is 14.6 Å². The summed E-state index contributed by atoms with van der Waals surface area (Å²) in [7, 11) is 0. The molecule has 0 unspecified atom stereocenters. The largest absolute Gasteiger partial charge is 0.493 e. The van der Waals surface area contributed by atoms with E-state index < -0.39 is 6.09 Å². The van der Waals surface area contributed by atoms with Gasteiger partial charge in [0.1, 0.15) is 18.1 Å². The molecule has 2 aromatic carbocycles. The average molecular weight is 381 g/mol. The van der Waals surface area contributed by atoms with Crippen LogP contribution in [0.15, 0.2) is 48.7 Å². The van der Waals surface area contributed by atoms with Gasteiger partial charge in [-0.25, -0.2) is 9.48 Å². The van der Waals surface area contributed by atoms with E-state index in [0.29, 0.717) is 5.75 Å². The van der Waals surface area contributed by atoms with Crippen molar-refractivity contribution in [3.05, 3.63) is 48.7 Å². The van der Waals surface area contributed by atoms with Crippen LogP contribution in [0.3, 0.4) is 0 Å². The maximum absolute atomic E-state index is 10.6. The molecule has 1 fully saturated rings. The van der Waals surface area contributed by atoms with Crippen LogP contribution < -0.4 is 14.8 Å². The summed E-state index contributed by atoms with van der Waals surface area (Å²) >= 11 is 0. The Kier molecular flexibility index (Phi) is 5.06. The van der Waals surface area contributed by atoms with Crippen LogP contribution in [0, 0.1) is 5.92 Å². The van der Waals surface area contributed by atoms with E-state index in [9.17, 15) is 4.79 Å². The van der Waals surface area contributed by atoms with Crippen molar-refractivity contribution in [2.24, 2.45) is 5.92 Å². The fourth-order valence-electron chi connectivity index (χ4n) is 2.89. The molecule has 0 spiro atoms. The van der Waals surface area contributed by atoms with Gasteiger partial charge in [0.25, 0.3) is 0 Å². The molecule has 0 bridgehead atoms. The molecule has 1 aromatic heterocycles. The number of ether oxygens (including phenoxy) is 2. The molecule has 0 aliphatic heterocycles. The minimum absolute atomic E-state index is 0.265. The van der Waals surface area contributed by atoms with Crippen LogP contribution in [-0.2, 0) is 0 Å². The maximum Gasteiger partial charge on any atom is 0.404 e. The summed E-state index contributed by atoms with van der Waals surface area (Å²) in [6.45, 7) is 2.80. The fraction of sp³-hybridized carbons (Fsp3) is 0.333. The van der Waals surface area contributed by atoms with Crippen molar-refractivity contribution in [2.45, 2.75) is 25.8 Å². The van der Waals surface area contributed by atoms with Crippen LogP contribution in [0.1, 0.15) is 19.8 Å². The lowest BCUT2D eigenvalue weighted by Crippen LogP contribution is -2.35. The third-order valence-corrected chi connectivity index (χ3v) is 4.63. The quantitative estimate of drug-likeness (QED) is 0.619. The highest BCUT2D eigenvalue weighted by Gasteiger charge is 2.22. The first kappa shape index (κ1) is 18.2. The molecule has 2 N–H and O–H groups in total. The minimum Gasteiger partial charge on any atom is -0.493 e. The van der Waals surface area contributed by atoms with E-state index in [-0.39, 0.29) is 12.6 Å². The molecule has 7 nitrogen and oxygen atoms in total. The number of carbonyl (C=O) groups is 1. The Bertz CT molecular complexity index is 963. The zero-order valence-corrected chi connectivity index (χ0v) is 15.7. The van der Waals surface area contributed by atoms with Crippen molar-refractivity contribution >= 4 is 17.0 Å². The van der Waals surface area contributed by atoms with Crippen LogP contribution >= 0.6 is 0 Å². The van der Waals surface area contributed by atoms with E-state index in [2.05, 4.69) is 10.4 Å². The van der Waals surface area contributed by atoms with Crippen LogP contribution in [-0.4, -0.2) is 40.2 Å². The molecule has 1 amide bonds. The summed E-state index contributed by atoms with van der Waals surface area (Å²) in [5.74, 6) is 2.25. The van der Waals surface area contributed by atoms with Crippen LogP contribution in [0.5, 0.6) is 11.5 Å². The molecule has 28 heavy (non-hydrogen) atoms. The lowest BCUT2D eigenvalue weighted by atomic mass is 10.2. The second-order valence-corrected chi connectivity index (χ2v) is 7.20. The first-order valence-electron chi connectivity index (χ1n) is 9.42. The fourth-order valence-corrected chi connectivity index (χ4v) is 2.89. The monoisotopic (exact) mass is 381 g/mol. The van der Waals surface area contributed by atoms with Crippen molar-refractivity contribution in [3.63, 3.8) is 0 Å². The number of hydrogen-bond donors (Lipinski definition) is 2. The van der Waals surface area contributed by atoms with Crippen molar-refractivity contribution < 1.29 is 19.4 Å². The summed E-state index contributed by atoms with van der Waals surface area (Å²) in [4.78, 5) is 10.6. The zero-order valence-electron chi connectivity index (χ0n) is 15.7. The molecule has 1 atom stereocenters. The van der Waals surface area contributed by atoms with E-state index in [1.54, 1.807) is 6.92 Å². The number of carboxylic acid groups (broad SMARTS) is 1. The smallest absolute Gasteiger partial charge is 0.404 e. The van der Waals surface area contributed by atoms with Gasteiger partial charge in [-0.3, -0.25) is 0 Å². The van der Waals surface area contributed by atoms with Crippen molar-refractivity contribution in [1.29, 1.82) is 0 Å². The summed E-state index contributed by atoms with van der Waals surface area (Å²) in [6, 6.07) is 13.2. The van der Waals surface area contributed by atoms with Gasteiger partial charge in [0, 0.05) is 17.6 Å². The maximum atomic E-state index is 10.6. The van der Waals surface area contributed by atoms with E-state index in [1.807, 2.05) is 53.3 Å². The van der Waals surface area contributed by atoms with Gasteiger partial charge < -0.3 is 19.9 Å². The topological polar surface area (TPSA) is 85.6 Å². The summed E-state index contributed by atoms with van der Waals surface area (Å²) in [6.07, 6.45) is 3.46. The van der Waals surface area contributed by atoms with Gasteiger partial charge in [0.15, 0.2) is 0 Å². The molecule has 7 heteroatoms. The molecule has 4 rings (SSSR count). The second kappa shape index (κ2) is 7.80. The number of amides is 1. The SMILES string of the molecule is C[C@@H](COc1ccc(-n2cc3ccc(OCC4CC4)cc3n2)cc1)NC(=O)O. The molecule has 0 saturated heterocycles. The highest BCUT2D eigenvalue weighted by Crippen LogP contribution is 2.30. The lowest BCUT2D eigenvalue weighted by molar-refractivity contribution is 0.183. The number of fused-ring (bicyclic) bond motifs is 1. The second-order valence-electron chi connectivity index (χ2n) is 7.20. The molecular formula is C21H23N3O4. The predicted molar refractivity (Wildman–Crippen MR) is 105 cm³/mol. The molecule has 1 aliphatic rings. The summed E-state index contributed by atoms with van der Waals surface area (Å²) in [5, 5.41) is 16.7. The third-order valence-electron chi connectivity index (χ3n) is 4.63. The lowest BCUT2D eigenvalue weighted by Gasteiger charge is -2.13. The van der Waals surface area contributed by atoms with E-state index in [0.717, 1.165) is 34.9 Å². The highest BCUT2D eigenvalue weighted by molar-refractivity contribution is 5.80. The first-order valence-corrected chi connectivity index (χ1v) is 9.42. The van der Waals surface area contributed by atoms with Crippen LogP contribution in [0.4, 0.5) is 4.79 Å². The van der Waals surface area contributed by atoms with Crippen molar-refractivity contribution in [3.8, 4) is 17.2 Å². The molecule has 0 radical (unpaired) electrons. The zero-order chi connectivity index (χ0) is 19.5. The van der Waals surface area contributed by atoms with Crippen LogP contribution in [0.2, 0.25) is 0 Å². The Morgan fingerprint density at radius 2 is 1.96 bits per heavy atom. The van der Waals surface area contributed by atoms with E-state index >= 15 is 0 Å². The molecular weight excluding hydrogens is 358 g/mol. The van der Waals surface area contributed by atoms with Crippen LogP contribution in [0.25, 0.3) is 16.6 Å². The Morgan fingerprint density at radius 1 is 1.21 bits per heavy atom. The van der Waals surface area contributed by atoms with Gasteiger partial charge in [-0.2, -0.15) is 5.10 Å². The number of benzene rings is 2. The van der Waals surface area contributed by atoms with Crippen molar-refractivity contribution in [1.82, 2.24) is 15.1 Å². The molecule has 1 aliphatic carbocycles. The predicted octanol–water partition coefficient (Wildman–Crippen LogP) is 3.85. The third kappa shape index (κ3) is 4.54. The van der Waals surface area contributed by atoms with Gasteiger partial charge in [-0.1, -0.05) is 0 Å². The van der Waals surface area contributed by atoms with E-state index in [1.165, 1.54) is 12.8 Å². The standard InChI is InChI=1S/C21H23N3O4/c1-14(22-21(25)26)12-27-18-8-5-17(6-9-18)24-11-16-4-7-19(10-20(16)23-24)28-13-15-2-3-15/h4-11,14-15,22H,2-3,12-13H2,1H3,(H,25,26)/t14-/m0/s1. The first-order chi connectivity index (χ1) is 13.6. The molecule has 3 aromatic rings. The molecule has 1 saturated carbocycles. The number of nitrogens with zero attached hydrogens (tertiary/aromatic N) is 2. The van der Waals surface area contributed by atoms with Gasteiger partial charge in [0.2, 0.25) is 0 Å². The van der Waals surface area contributed by atoms with Gasteiger partial charge in [-0.15, -0.1) is 0 Å².